The van der Waals surface area contributed by atoms with Gasteiger partial charge in [-0.25, -0.2) is 0 Å². The van der Waals surface area contributed by atoms with Crippen LogP contribution in [0.25, 0.3) is 11.0 Å². The lowest BCUT2D eigenvalue weighted by Crippen LogP contribution is -2.29. The minimum atomic E-state index is -0.611. The maximum Gasteiger partial charge on any atom is 0.314 e. The Hall–Kier alpha value is -1.88. The minimum Gasteiger partial charge on any atom is -0.316 e. The lowest BCUT2D eigenvalue weighted by Gasteiger charge is -2.17. The number of rotatable bonds is 7. The van der Waals surface area contributed by atoms with Crippen LogP contribution in [0, 0.1) is 0 Å². The van der Waals surface area contributed by atoms with Crippen LogP contribution in [-0.4, -0.2) is 17.0 Å². The van der Waals surface area contributed by atoms with Gasteiger partial charge < -0.3 is 15.3 Å². The van der Waals surface area contributed by atoms with Crippen LogP contribution in [-0.2, 0) is 0 Å². The smallest absolute Gasteiger partial charge is 0.314 e. The topological polar surface area (TPSA) is 77.8 Å². The largest absolute Gasteiger partial charge is 0.316 e. The molecule has 1 atom stereocenters. The molecule has 0 saturated carbocycles. The van der Waals surface area contributed by atoms with E-state index >= 15 is 0 Å². The van der Waals surface area contributed by atoms with Crippen LogP contribution in [0.2, 0.25) is 0 Å². The molecule has 1 unspecified atom stereocenters. The maximum atomic E-state index is 11.4. The van der Waals surface area contributed by atoms with Crippen molar-refractivity contribution in [3.05, 3.63) is 44.5 Å². The Bertz CT molecular complexity index is 702. The molecule has 0 aliphatic rings. The molecule has 0 amide bonds. The molecule has 0 aliphatic carbocycles. The van der Waals surface area contributed by atoms with Crippen LogP contribution in [0.15, 0.2) is 27.8 Å². The molecule has 0 bridgehead atoms. The van der Waals surface area contributed by atoms with Gasteiger partial charge >= 0.3 is 11.1 Å². The summed E-state index contributed by atoms with van der Waals surface area (Å²) in [4.78, 5) is 27.9. The summed E-state index contributed by atoms with van der Waals surface area (Å²) in [5.41, 5.74) is 1.24. The fourth-order valence-corrected chi connectivity index (χ4v) is 2.60. The van der Waals surface area contributed by atoms with Gasteiger partial charge in [-0.2, -0.15) is 0 Å². The Morgan fingerprint density at radius 2 is 1.76 bits per heavy atom. The zero-order chi connectivity index (χ0) is 15.2. The molecule has 1 heterocycles. The van der Waals surface area contributed by atoms with Gasteiger partial charge in [0.25, 0.3) is 0 Å². The normalized spacial score (nSPS) is 12.7. The summed E-state index contributed by atoms with van der Waals surface area (Å²) in [6.07, 6.45) is 5.99. The van der Waals surface area contributed by atoms with Gasteiger partial charge in [0, 0.05) is 6.04 Å². The number of nitrogens with one attached hydrogen (secondary N) is 3. The highest BCUT2D eigenvalue weighted by atomic mass is 16.2. The van der Waals surface area contributed by atoms with Crippen molar-refractivity contribution < 1.29 is 0 Å². The van der Waals surface area contributed by atoms with Crippen LogP contribution < -0.4 is 16.4 Å². The van der Waals surface area contributed by atoms with E-state index < -0.39 is 11.1 Å². The molecule has 21 heavy (non-hydrogen) atoms. The number of H-pyrrole nitrogens is 2. The highest BCUT2D eigenvalue weighted by Gasteiger charge is 2.10. The van der Waals surface area contributed by atoms with E-state index in [9.17, 15) is 9.59 Å². The Balaban J connectivity index is 2.21. The van der Waals surface area contributed by atoms with E-state index in [4.69, 9.17) is 0 Å². The molecular weight excluding hydrogens is 266 g/mol. The van der Waals surface area contributed by atoms with Crippen LogP contribution >= 0.6 is 0 Å². The quantitative estimate of drug-likeness (QED) is 0.541. The maximum absolute atomic E-state index is 11.4. The SMILES string of the molecule is CCCCCCC(NC)c1ccc2[nH]c(=O)c(=O)[nH]c2c1. The highest BCUT2D eigenvalue weighted by molar-refractivity contribution is 5.74. The number of aromatic nitrogens is 2. The number of aromatic amines is 2. The second-order valence-electron chi connectivity index (χ2n) is 5.40. The molecule has 1 aromatic heterocycles. The lowest BCUT2D eigenvalue weighted by atomic mass is 9.99. The third kappa shape index (κ3) is 3.82. The van der Waals surface area contributed by atoms with E-state index in [1.165, 1.54) is 25.7 Å². The summed E-state index contributed by atoms with van der Waals surface area (Å²) in [6.45, 7) is 2.20. The molecule has 1 aromatic carbocycles. The van der Waals surface area contributed by atoms with Crippen molar-refractivity contribution in [2.24, 2.45) is 0 Å². The number of hydrogen-bond donors (Lipinski definition) is 3. The van der Waals surface area contributed by atoms with Gasteiger partial charge in [0.15, 0.2) is 0 Å². The Morgan fingerprint density at radius 3 is 2.43 bits per heavy atom. The predicted octanol–water partition coefficient (Wildman–Crippen LogP) is 2.45. The zero-order valence-corrected chi connectivity index (χ0v) is 12.7. The van der Waals surface area contributed by atoms with Gasteiger partial charge in [-0.1, -0.05) is 38.7 Å². The third-order valence-corrected chi connectivity index (χ3v) is 3.84. The standard InChI is InChI=1S/C16H23N3O2/c1-3-4-5-6-7-12(17-2)11-8-9-13-14(10-11)19-16(21)15(20)18-13/h8-10,12,17H,3-7H2,1-2H3,(H,18,20)(H,19,21). The molecule has 0 spiro atoms. The molecule has 0 radical (unpaired) electrons. The van der Waals surface area contributed by atoms with Crippen LogP contribution in [0.3, 0.4) is 0 Å². The van der Waals surface area contributed by atoms with Crippen molar-refractivity contribution >= 4 is 11.0 Å². The van der Waals surface area contributed by atoms with Gasteiger partial charge in [-0.05, 0) is 31.2 Å². The number of hydrogen-bond acceptors (Lipinski definition) is 3. The van der Waals surface area contributed by atoms with Crippen molar-refractivity contribution in [2.75, 3.05) is 7.05 Å². The van der Waals surface area contributed by atoms with Gasteiger partial charge in [-0.3, -0.25) is 9.59 Å². The van der Waals surface area contributed by atoms with Gasteiger partial charge in [0.1, 0.15) is 0 Å². The summed E-state index contributed by atoms with van der Waals surface area (Å²) in [5.74, 6) is 0. The summed E-state index contributed by atoms with van der Waals surface area (Å²) in [6, 6.07) is 6.05. The first kappa shape index (κ1) is 15.5. The van der Waals surface area contributed by atoms with Crippen molar-refractivity contribution in [1.29, 1.82) is 0 Å². The molecule has 5 heteroatoms. The Morgan fingerprint density at radius 1 is 1.05 bits per heavy atom. The first-order valence-corrected chi connectivity index (χ1v) is 7.59. The highest BCUT2D eigenvalue weighted by Crippen LogP contribution is 2.22. The Labute approximate surface area is 123 Å². The molecule has 3 N–H and O–H groups in total. The first-order chi connectivity index (χ1) is 10.2. The summed E-state index contributed by atoms with van der Waals surface area (Å²) < 4.78 is 0. The second kappa shape index (κ2) is 7.22. The van der Waals surface area contributed by atoms with E-state index in [2.05, 4.69) is 22.2 Å². The molecule has 0 fully saturated rings. The van der Waals surface area contributed by atoms with Crippen LogP contribution in [0.1, 0.15) is 50.6 Å². The predicted molar refractivity (Wildman–Crippen MR) is 85.7 cm³/mol. The van der Waals surface area contributed by atoms with Crippen molar-refractivity contribution in [2.45, 2.75) is 45.1 Å². The number of benzene rings is 1. The van der Waals surface area contributed by atoms with Gasteiger partial charge in [0.2, 0.25) is 0 Å². The summed E-state index contributed by atoms with van der Waals surface area (Å²) >= 11 is 0. The third-order valence-electron chi connectivity index (χ3n) is 3.84. The molecule has 0 aliphatic heterocycles. The minimum absolute atomic E-state index is 0.265. The van der Waals surface area contributed by atoms with E-state index in [1.807, 2.05) is 25.2 Å². The molecule has 114 valence electrons. The average Bonchev–Trinajstić information content (AvgIpc) is 2.48. The summed E-state index contributed by atoms with van der Waals surface area (Å²) in [5, 5.41) is 3.32. The van der Waals surface area contributed by atoms with Crippen molar-refractivity contribution in [1.82, 2.24) is 15.3 Å². The van der Waals surface area contributed by atoms with Crippen molar-refractivity contribution in [3.63, 3.8) is 0 Å². The van der Waals surface area contributed by atoms with Gasteiger partial charge in [0.05, 0.1) is 11.0 Å². The van der Waals surface area contributed by atoms with E-state index in [0.29, 0.717) is 11.0 Å². The van der Waals surface area contributed by atoms with E-state index in [1.54, 1.807) is 0 Å². The monoisotopic (exact) mass is 289 g/mol. The molecule has 2 rings (SSSR count). The average molecular weight is 289 g/mol. The lowest BCUT2D eigenvalue weighted by molar-refractivity contribution is 0.505. The molecule has 5 nitrogen and oxygen atoms in total. The van der Waals surface area contributed by atoms with Gasteiger partial charge in [-0.15, -0.1) is 0 Å². The van der Waals surface area contributed by atoms with Crippen LogP contribution in [0.4, 0.5) is 0 Å². The molecular formula is C16H23N3O2. The fraction of sp³-hybridized carbons (Fsp3) is 0.500. The summed E-state index contributed by atoms with van der Waals surface area (Å²) in [7, 11) is 1.95. The van der Waals surface area contributed by atoms with Crippen molar-refractivity contribution in [3.8, 4) is 0 Å². The number of unbranched alkanes of at least 4 members (excludes halogenated alkanes) is 3. The van der Waals surface area contributed by atoms with E-state index in [-0.39, 0.29) is 6.04 Å². The molecule has 2 aromatic rings. The zero-order valence-electron chi connectivity index (χ0n) is 12.7. The second-order valence-corrected chi connectivity index (χ2v) is 5.40. The fourth-order valence-electron chi connectivity index (χ4n) is 2.60. The van der Waals surface area contributed by atoms with E-state index in [0.717, 1.165) is 12.0 Å². The Kier molecular flexibility index (Phi) is 5.33. The van der Waals surface area contributed by atoms with Crippen LogP contribution in [0.5, 0.6) is 0 Å². The first-order valence-electron chi connectivity index (χ1n) is 7.59. The number of fused-ring (bicyclic) bond motifs is 1. The molecule has 0 saturated heterocycles.